The summed E-state index contributed by atoms with van der Waals surface area (Å²) in [5.74, 6) is 1.96. The van der Waals surface area contributed by atoms with E-state index in [0.717, 1.165) is 19.3 Å². The highest BCUT2D eigenvalue weighted by molar-refractivity contribution is 7.88. The quantitative estimate of drug-likeness (QED) is 0.716. The second kappa shape index (κ2) is 3.45. The lowest BCUT2D eigenvalue weighted by molar-refractivity contribution is 0.0285. The maximum Gasteiger partial charge on any atom is 0.273 e. The van der Waals surface area contributed by atoms with E-state index in [4.69, 9.17) is 4.18 Å². The Labute approximate surface area is 97.7 Å². The van der Waals surface area contributed by atoms with Gasteiger partial charge in [0.1, 0.15) is 0 Å². The fourth-order valence-corrected chi connectivity index (χ4v) is 6.50. The zero-order valence-electron chi connectivity index (χ0n) is 9.81. The summed E-state index contributed by atoms with van der Waals surface area (Å²) in [6.07, 6.45) is 6.38. The lowest BCUT2D eigenvalue weighted by Crippen LogP contribution is -2.55. The van der Waals surface area contributed by atoms with Crippen molar-refractivity contribution in [2.75, 3.05) is 6.61 Å². The summed E-state index contributed by atoms with van der Waals surface area (Å²) >= 11 is 0. The SMILES string of the molecule is CCOS(=O)(=O)C12CC3CC(CC(C3)C1)C2. The van der Waals surface area contributed by atoms with Gasteiger partial charge in [0.2, 0.25) is 0 Å². The Morgan fingerprint density at radius 3 is 1.88 bits per heavy atom. The predicted octanol–water partition coefficient (Wildman–Crippen LogP) is 2.32. The molecule has 0 heterocycles. The van der Waals surface area contributed by atoms with E-state index in [0.29, 0.717) is 17.8 Å². The van der Waals surface area contributed by atoms with E-state index in [2.05, 4.69) is 0 Å². The first kappa shape index (κ1) is 11.0. The topological polar surface area (TPSA) is 43.4 Å². The molecule has 0 aromatic carbocycles. The molecule has 0 amide bonds. The highest BCUT2D eigenvalue weighted by atomic mass is 32.2. The Kier molecular flexibility index (Phi) is 2.38. The molecule has 0 aromatic rings. The lowest BCUT2D eigenvalue weighted by atomic mass is 9.56. The van der Waals surface area contributed by atoms with Crippen molar-refractivity contribution in [3.05, 3.63) is 0 Å². The van der Waals surface area contributed by atoms with Gasteiger partial charge in [0, 0.05) is 0 Å². The first-order valence-corrected chi connectivity index (χ1v) is 7.84. The normalized spacial score (nSPS) is 46.2. The molecular weight excluding hydrogens is 224 g/mol. The van der Waals surface area contributed by atoms with Gasteiger partial charge in [0.05, 0.1) is 11.4 Å². The van der Waals surface area contributed by atoms with Crippen molar-refractivity contribution in [3.8, 4) is 0 Å². The molecule has 4 aliphatic rings. The van der Waals surface area contributed by atoms with Crippen LogP contribution in [0.25, 0.3) is 0 Å². The summed E-state index contributed by atoms with van der Waals surface area (Å²) < 4.78 is 29.1. The van der Waals surface area contributed by atoms with E-state index in [-0.39, 0.29) is 6.61 Å². The summed E-state index contributed by atoms with van der Waals surface area (Å²) in [5, 5.41) is 0. The first-order valence-electron chi connectivity index (χ1n) is 6.43. The Hall–Kier alpha value is -0.0900. The minimum atomic E-state index is -3.33. The van der Waals surface area contributed by atoms with E-state index < -0.39 is 14.9 Å². The van der Waals surface area contributed by atoms with Gasteiger partial charge in [0.15, 0.2) is 0 Å². The monoisotopic (exact) mass is 244 g/mol. The van der Waals surface area contributed by atoms with E-state index in [9.17, 15) is 8.42 Å². The van der Waals surface area contributed by atoms with Gasteiger partial charge >= 0.3 is 0 Å². The maximum atomic E-state index is 12.3. The Morgan fingerprint density at radius 2 is 1.50 bits per heavy atom. The molecule has 4 rings (SSSR count). The molecule has 4 aliphatic carbocycles. The summed E-state index contributed by atoms with van der Waals surface area (Å²) in [6.45, 7) is 2.04. The van der Waals surface area contributed by atoms with Crippen LogP contribution in [0.2, 0.25) is 0 Å². The van der Waals surface area contributed by atoms with Crippen molar-refractivity contribution in [2.45, 2.75) is 50.2 Å². The van der Waals surface area contributed by atoms with Crippen molar-refractivity contribution >= 4 is 10.1 Å². The van der Waals surface area contributed by atoms with Gasteiger partial charge in [-0.3, -0.25) is 4.18 Å². The summed E-state index contributed by atoms with van der Waals surface area (Å²) in [4.78, 5) is 0. The van der Waals surface area contributed by atoms with Gasteiger partial charge in [-0.2, -0.15) is 8.42 Å². The van der Waals surface area contributed by atoms with Crippen LogP contribution in [0.1, 0.15) is 45.4 Å². The summed E-state index contributed by atoms with van der Waals surface area (Å²) in [6, 6.07) is 0. The molecule has 0 atom stereocenters. The molecular formula is C12H20O3S. The van der Waals surface area contributed by atoms with Crippen LogP contribution in [0.5, 0.6) is 0 Å². The predicted molar refractivity (Wildman–Crippen MR) is 61.4 cm³/mol. The van der Waals surface area contributed by atoms with Crippen LogP contribution in [0.3, 0.4) is 0 Å². The molecule has 4 fully saturated rings. The van der Waals surface area contributed by atoms with Gasteiger partial charge in [0.25, 0.3) is 10.1 Å². The average molecular weight is 244 g/mol. The first-order chi connectivity index (χ1) is 7.55. The molecule has 16 heavy (non-hydrogen) atoms. The summed E-state index contributed by atoms with van der Waals surface area (Å²) in [7, 11) is -3.33. The third-order valence-corrected chi connectivity index (χ3v) is 6.89. The van der Waals surface area contributed by atoms with Crippen molar-refractivity contribution in [1.29, 1.82) is 0 Å². The van der Waals surface area contributed by atoms with Gasteiger partial charge in [-0.15, -0.1) is 0 Å². The zero-order valence-corrected chi connectivity index (χ0v) is 10.6. The van der Waals surface area contributed by atoms with Crippen LogP contribution in [0, 0.1) is 17.8 Å². The standard InChI is InChI=1S/C12H20O3S/c1-2-15-16(13,14)12-6-9-3-10(7-12)5-11(4-9)8-12/h9-11H,2-8H2,1H3. The minimum Gasteiger partial charge on any atom is -0.270 e. The van der Waals surface area contributed by atoms with Crippen LogP contribution in [-0.4, -0.2) is 19.8 Å². The van der Waals surface area contributed by atoms with Gasteiger partial charge in [-0.05, 0) is 63.2 Å². The molecule has 0 spiro atoms. The molecule has 4 bridgehead atoms. The van der Waals surface area contributed by atoms with E-state index in [1.165, 1.54) is 19.3 Å². The molecule has 92 valence electrons. The fourth-order valence-electron chi connectivity index (χ4n) is 4.62. The number of hydrogen-bond acceptors (Lipinski definition) is 3. The third-order valence-electron chi connectivity index (χ3n) is 4.79. The highest BCUT2D eigenvalue weighted by Crippen LogP contribution is 2.58. The van der Waals surface area contributed by atoms with Gasteiger partial charge in [-0.1, -0.05) is 0 Å². The average Bonchev–Trinajstić information content (AvgIpc) is 2.14. The molecule has 0 unspecified atom stereocenters. The van der Waals surface area contributed by atoms with Crippen LogP contribution >= 0.6 is 0 Å². The molecule has 0 saturated heterocycles. The van der Waals surface area contributed by atoms with Crippen LogP contribution in [0.15, 0.2) is 0 Å². The third kappa shape index (κ3) is 1.46. The number of rotatable bonds is 3. The van der Waals surface area contributed by atoms with Crippen LogP contribution < -0.4 is 0 Å². The molecule has 0 radical (unpaired) electrons. The van der Waals surface area contributed by atoms with Crippen LogP contribution in [-0.2, 0) is 14.3 Å². The molecule has 0 aliphatic heterocycles. The minimum absolute atomic E-state index is 0.282. The van der Waals surface area contributed by atoms with E-state index in [1.807, 2.05) is 0 Å². The lowest BCUT2D eigenvalue weighted by Gasteiger charge is -2.55. The second-order valence-corrected chi connectivity index (χ2v) is 7.97. The largest absolute Gasteiger partial charge is 0.273 e. The van der Waals surface area contributed by atoms with Crippen molar-refractivity contribution in [3.63, 3.8) is 0 Å². The number of hydrogen-bond donors (Lipinski definition) is 0. The van der Waals surface area contributed by atoms with Crippen molar-refractivity contribution < 1.29 is 12.6 Å². The highest BCUT2D eigenvalue weighted by Gasteiger charge is 2.57. The smallest absolute Gasteiger partial charge is 0.270 e. The molecule has 4 heteroatoms. The Bertz CT molecular complexity index is 350. The van der Waals surface area contributed by atoms with Crippen molar-refractivity contribution in [2.24, 2.45) is 17.8 Å². The van der Waals surface area contributed by atoms with Gasteiger partial charge < -0.3 is 0 Å². The molecule has 3 nitrogen and oxygen atoms in total. The summed E-state index contributed by atoms with van der Waals surface area (Å²) in [5.41, 5.74) is 0. The zero-order chi connectivity index (χ0) is 11.4. The maximum absolute atomic E-state index is 12.3. The second-order valence-electron chi connectivity index (χ2n) is 5.96. The fraction of sp³-hybridized carbons (Fsp3) is 1.00. The Morgan fingerprint density at radius 1 is 1.06 bits per heavy atom. The van der Waals surface area contributed by atoms with Crippen molar-refractivity contribution in [1.82, 2.24) is 0 Å². The molecule has 0 N–H and O–H groups in total. The molecule has 4 saturated carbocycles. The van der Waals surface area contributed by atoms with E-state index >= 15 is 0 Å². The Balaban J connectivity index is 1.94. The van der Waals surface area contributed by atoms with Crippen LogP contribution in [0.4, 0.5) is 0 Å². The molecule has 0 aromatic heterocycles. The van der Waals surface area contributed by atoms with E-state index in [1.54, 1.807) is 6.92 Å². The van der Waals surface area contributed by atoms with Gasteiger partial charge in [-0.25, -0.2) is 0 Å².